The summed E-state index contributed by atoms with van der Waals surface area (Å²) < 4.78 is 4.97. The van der Waals surface area contributed by atoms with Crippen LogP contribution < -0.4 is 5.32 Å². The second-order valence-electron chi connectivity index (χ2n) is 7.59. The van der Waals surface area contributed by atoms with Crippen molar-refractivity contribution in [2.24, 2.45) is 0 Å². The summed E-state index contributed by atoms with van der Waals surface area (Å²) in [6, 6.07) is 17.2. The van der Waals surface area contributed by atoms with Crippen LogP contribution in [0, 0.1) is 0 Å². The van der Waals surface area contributed by atoms with Gasteiger partial charge in [0.15, 0.2) is 5.60 Å². The molecule has 0 unspecified atom stereocenters. The number of nitrogens with zero attached hydrogens (tertiary/aromatic N) is 2. The Morgan fingerprint density at radius 1 is 1.16 bits per heavy atom. The van der Waals surface area contributed by atoms with Crippen molar-refractivity contribution < 1.29 is 19.4 Å². The Morgan fingerprint density at radius 3 is 2.41 bits per heavy atom. The maximum Gasteiger partial charge on any atom is 0.337 e. The third kappa shape index (κ3) is 6.15. The van der Waals surface area contributed by atoms with Crippen LogP contribution in [0.2, 0.25) is 5.28 Å². The molecule has 0 aliphatic rings. The van der Waals surface area contributed by atoms with E-state index in [4.69, 9.17) is 16.3 Å². The van der Waals surface area contributed by atoms with Gasteiger partial charge in [-0.15, -0.1) is 5.10 Å². The molecule has 2 aromatic carbocycles. The highest BCUT2D eigenvalue weighted by molar-refractivity contribution is 6.28. The summed E-state index contributed by atoms with van der Waals surface area (Å²) in [5, 5.41) is 19.6. The van der Waals surface area contributed by atoms with Gasteiger partial charge < -0.3 is 15.2 Å². The third-order valence-electron chi connectivity index (χ3n) is 4.90. The number of hydrogen-bond donors (Lipinski definition) is 3. The van der Waals surface area contributed by atoms with Crippen LogP contribution in [-0.2, 0) is 16.0 Å². The first-order valence-corrected chi connectivity index (χ1v) is 10.6. The van der Waals surface area contributed by atoms with E-state index < -0.39 is 23.5 Å². The molecule has 0 bridgehead atoms. The molecular weight excluding hydrogens is 432 g/mol. The van der Waals surface area contributed by atoms with Crippen LogP contribution >= 0.6 is 11.6 Å². The molecule has 1 aromatic heterocycles. The number of carbonyl (C=O) groups is 2. The number of hydrogen-bond acceptors (Lipinski definition) is 6. The van der Waals surface area contributed by atoms with Gasteiger partial charge in [0, 0.05) is 12.5 Å². The van der Waals surface area contributed by atoms with Crippen molar-refractivity contribution in [1.82, 2.24) is 20.5 Å². The number of amides is 1. The van der Waals surface area contributed by atoms with Gasteiger partial charge in [0.05, 0.1) is 6.61 Å². The van der Waals surface area contributed by atoms with Crippen LogP contribution in [0.25, 0.3) is 11.1 Å². The Hall–Kier alpha value is -3.23. The van der Waals surface area contributed by atoms with Crippen LogP contribution in [0.3, 0.4) is 0 Å². The summed E-state index contributed by atoms with van der Waals surface area (Å²) in [4.78, 5) is 28.6. The molecule has 168 valence electrons. The van der Waals surface area contributed by atoms with Gasteiger partial charge in [-0.25, -0.2) is 9.89 Å². The molecule has 1 amide bonds. The van der Waals surface area contributed by atoms with E-state index in [1.165, 1.54) is 6.92 Å². The number of aliphatic hydroxyl groups is 1. The third-order valence-corrected chi connectivity index (χ3v) is 5.07. The number of esters is 1. The Morgan fingerprint density at radius 2 is 1.81 bits per heavy atom. The number of H-pyrrole nitrogens is 1. The summed E-state index contributed by atoms with van der Waals surface area (Å²) in [6.45, 7) is 3.17. The zero-order chi connectivity index (χ0) is 23.1. The van der Waals surface area contributed by atoms with Crippen molar-refractivity contribution in [2.45, 2.75) is 38.3 Å². The first-order chi connectivity index (χ1) is 15.3. The minimum atomic E-state index is -1.78. The molecule has 0 saturated heterocycles. The molecule has 1 heterocycles. The second-order valence-corrected chi connectivity index (χ2v) is 7.94. The number of rotatable bonds is 9. The van der Waals surface area contributed by atoms with E-state index in [1.54, 1.807) is 6.92 Å². The van der Waals surface area contributed by atoms with Gasteiger partial charge in [0.2, 0.25) is 11.1 Å². The molecule has 3 rings (SSSR count). The molecule has 0 spiro atoms. The zero-order valence-electron chi connectivity index (χ0n) is 17.8. The molecule has 3 N–H and O–H groups in total. The van der Waals surface area contributed by atoms with E-state index in [0.717, 1.165) is 16.7 Å². The van der Waals surface area contributed by atoms with Crippen molar-refractivity contribution in [2.75, 3.05) is 6.61 Å². The molecule has 32 heavy (non-hydrogen) atoms. The normalized spacial score (nSPS) is 13.8. The zero-order valence-corrected chi connectivity index (χ0v) is 18.6. The Labute approximate surface area is 191 Å². The first-order valence-electron chi connectivity index (χ1n) is 10.2. The summed E-state index contributed by atoms with van der Waals surface area (Å²) in [5.41, 5.74) is 1.29. The lowest BCUT2D eigenvalue weighted by Crippen LogP contribution is -2.47. The number of ether oxygens (including phenoxy) is 1. The first kappa shape index (κ1) is 23.4. The van der Waals surface area contributed by atoms with Crippen LogP contribution in [-0.4, -0.2) is 50.4 Å². The van der Waals surface area contributed by atoms with E-state index in [9.17, 15) is 14.7 Å². The monoisotopic (exact) mass is 456 g/mol. The van der Waals surface area contributed by atoms with Crippen molar-refractivity contribution in [3.8, 4) is 11.1 Å². The van der Waals surface area contributed by atoms with Crippen LogP contribution in [0.5, 0.6) is 0 Å². The molecule has 3 aromatic rings. The van der Waals surface area contributed by atoms with Crippen molar-refractivity contribution in [3.05, 3.63) is 71.3 Å². The topological polar surface area (TPSA) is 117 Å². The highest BCUT2D eigenvalue weighted by Gasteiger charge is 2.35. The van der Waals surface area contributed by atoms with Crippen molar-refractivity contribution in [3.63, 3.8) is 0 Å². The molecule has 0 aliphatic heterocycles. The molecule has 0 fully saturated rings. The lowest BCUT2D eigenvalue weighted by Gasteiger charge is -2.27. The molecule has 8 nitrogen and oxygen atoms in total. The van der Waals surface area contributed by atoms with E-state index >= 15 is 0 Å². The Balaban J connectivity index is 1.78. The standard InChI is InChI=1S/C23H25ClN4O4/c1-3-32-21(30)23(2,31)14-18(25-20(29)19-26-22(24)28-27-19)13-15-9-11-17(12-10-15)16-7-5-4-6-8-16/h4-12,18,31H,3,13-14H2,1-2H3,(H,25,29)(H,26,27,28)/t18-,23-/m0/s1. The van der Waals surface area contributed by atoms with E-state index in [-0.39, 0.29) is 24.1 Å². The minimum absolute atomic E-state index is 0.0123. The average molecular weight is 457 g/mol. The van der Waals surface area contributed by atoms with Gasteiger partial charge in [-0.1, -0.05) is 54.6 Å². The maximum absolute atomic E-state index is 12.6. The highest BCUT2D eigenvalue weighted by Crippen LogP contribution is 2.22. The smallest absolute Gasteiger partial charge is 0.337 e. The van der Waals surface area contributed by atoms with Gasteiger partial charge in [-0.3, -0.25) is 4.79 Å². The quantitative estimate of drug-likeness (QED) is 0.426. The SMILES string of the molecule is CCOC(=O)[C@@](C)(O)C[C@H](Cc1ccc(-c2ccccc2)cc1)NC(=O)c1n[nH]c(Cl)n1. The van der Waals surface area contributed by atoms with E-state index in [2.05, 4.69) is 20.5 Å². The Kier molecular flexibility index (Phi) is 7.61. The van der Waals surface area contributed by atoms with Gasteiger partial charge in [0.1, 0.15) is 0 Å². The van der Waals surface area contributed by atoms with Gasteiger partial charge in [0.25, 0.3) is 5.91 Å². The summed E-state index contributed by atoms with van der Waals surface area (Å²) in [6.07, 6.45) is 0.310. The number of aromatic amines is 1. The van der Waals surface area contributed by atoms with E-state index in [1.807, 2.05) is 54.6 Å². The number of benzene rings is 2. The molecular formula is C23H25ClN4O4. The van der Waals surface area contributed by atoms with Crippen molar-refractivity contribution in [1.29, 1.82) is 0 Å². The molecule has 0 radical (unpaired) electrons. The molecule has 9 heteroatoms. The summed E-state index contributed by atoms with van der Waals surface area (Å²) >= 11 is 5.71. The summed E-state index contributed by atoms with van der Waals surface area (Å²) in [5.74, 6) is -1.45. The van der Waals surface area contributed by atoms with Gasteiger partial charge in [-0.05, 0) is 48.6 Å². The number of aromatic nitrogens is 3. The maximum atomic E-state index is 12.6. The fourth-order valence-corrected chi connectivity index (χ4v) is 3.49. The summed E-state index contributed by atoms with van der Waals surface area (Å²) in [7, 11) is 0. The predicted octanol–water partition coefficient (Wildman–Crippen LogP) is 3.17. The number of carbonyl (C=O) groups excluding carboxylic acids is 2. The predicted molar refractivity (Wildman–Crippen MR) is 120 cm³/mol. The largest absolute Gasteiger partial charge is 0.464 e. The van der Waals surface area contributed by atoms with E-state index in [0.29, 0.717) is 6.42 Å². The lowest BCUT2D eigenvalue weighted by atomic mass is 9.92. The van der Waals surface area contributed by atoms with Crippen molar-refractivity contribution >= 4 is 23.5 Å². The molecule has 0 saturated carbocycles. The second kappa shape index (κ2) is 10.4. The Bertz CT molecular complexity index is 1050. The van der Waals surface area contributed by atoms with Gasteiger partial charge in [-0.2, -0.15) is 4.98 Å². The fourth-order valence-electron chi connectivity index (χ4n) is 3.37. The van der Waals surface area contributed by atoms with Crippen LogP contribution in [0.15, 0.2) is 54.6 Å². The number of nitrogens with one attached hydrogen (secondary N) is 2. The average Bonchev–Trinajstić information content (AvgIpc) is 3.21. The van der Waals surface area contributed by atoms with Crippen LogP contribution in [0.4, 0.5) is 0 Å². The lowest BCUT2D eigenvalue weighted by molar-refractivity contribution is -0.164. The van der Waals surface area contributed by atoms with Gasteiger partial charge >= 0.3 is 5.97 Å². The number of halogens is 1. The fraction of sp³-hybridized carbons (Fsp3) is 0.304. The molecule has 2 atom stereocenters. The van der Waals surface area contributed by atoms with Crippen LogP contribution in [0.1, 0.15) is 36.5 Å². The minimum Gasteiger partial charge on any atom is -0.464 e. The highest BCUT2D eigenvalue weighted by atomic mass is 35.5. The molecule has 0 aliphatic carbocycles.